The molecule has 0 spiro atoms. The van der Waals surface area contributed by atoms with Crippen molar-refractivity contribution in [1.29, 1.82) is 0 Å². The maximum absolute atomic E-state index is 6.04. The SMILES string of the molecule is c1ccc(C2(c3ccccc3)c3ccccc3-c3cc(Nc4ccc5oc6ccccc6c5c4)ccc32)cc1. The first-order chi connectivity index (χ1) is 19.3. The third-order valence-electron chi connectivity index (χ3n) is 8.12. The summed E-state index contributed by atoms with van der Waals surface area (Å²) in [6, 6.07) is 52.0. The monoisotopic (exact) mass is 499 g/mol. The van der Waals surface area contributed by atoms with Gasteiger partial charge >= 0.3 is 0 Å². The number of rotatable bonds is 4. The Morgan fingerprint density at radius 3 is 1.82 bits per heavy atom. The van der Waals surface area contributed by atoms with Gasteiger partial charge in [0.25, 0.3) is 0 Å². The Bertz CT molecular complexity index is 1950. The molecule has 0 fully saturated rings. The van der Waals surface area contributed by atoms with Crippen LogP contribution in [0.2, 0.25) is 0 Å². The summed E-state index contributed by atoms with van der Waals surface area (Å²) in [5.74, 6) is 0. The molecule has 0 radical (unpaired) electrons. The third-order valence-corrected chi connectivity index (χ3v) is 8.12. The van der Waals surface area contributed by atoms with Crippen LogP contribution in [0.1, 0.15) is 22.3 Å². The molecule has 0 bridgehead atoms. The second kappa shape index (κ2) is 8.47. The zero-order chi connectivity index (χ0) is 25.8. The number of hydrogen-bond acceptors (Lipinski definition) is 2. The van der Waals surface area contributed by atoms with E-state index in [2.05, 4.69) is 139 Å². The largest absolute Gasteiger partial charge is 0.456 e. The number of nitrogens with one attached hydrogen (secondary N) is 1. The number of para-hydroxylation sites is 1. The quantitative estimate of drug-likeness (QED) is 0.261. The predicted molar refractivity (Wildman–Crippen MR) is 161 cm³/mol. The van der Waals surface area contributed by atoms with Crippen LogP contribution in [-0.2, 0) is 5.41 Å². The second-order valence-corrected chi connectivity index (χ2v) is 10.2. The lowest BCUT2D eigenvalue weighted by Crippen LogP contribution is -2.28. The van der Waals surface area contributed by atoms with Crippen molar-refractivity contribution >= 4 is 33.3 Å². The summed E-state index contributed by atoms with van der Waals surface area (Å²) in [6.45, 7) is 0. The standard InChI is InChI=1S/C37H25NO/c1-3-11-25(12-4-1)37(26-13-5-2-6-14-26)33-17-9-7-15-29(33)31-23-27(19-21-34(31)37)38-28-20-22-36-32(24-28)30-16-8-10-18-35(30)39-36/h1-24,38H. The van der Waals surface area contributed by atoms with Crippen LogP contribution in [-0.4, -0.2) is 0 Å². The number of hydrogen-bond donors (Lipinski definition) is 1. The van der Waals surface area contributed by atoms with Crippen LogP contribution in [0.5, 0.6) is 0 Å². The lowest BCUT2D eigenvalue weighted by Gasteiger charge is -2.33. The number of benzene rings is 6. The van der Waals surface area contributed by atoms with E-state index >= 15 is 0 Å². The van der Waals surface area contributed by atoms with Crippen LogP contribution < -0.4 is 5.32 Å². The minimum Gasteiger partial charge on any atom is -0.456 e. The normalized spacial score (nSPS) is 13.3. The van der Waals surface area contributed by atoms with Gasteiger partial charge in [0, 0.05) is 22.1 Å². The molecule has 8 rings (SSSR count). The highest BCUT2D eigenvalue weighted by atomic mass is 16.3. The molecule has 6 aromatic carbocycles. The minimum atomic E-state index is -0.373. The van der Waals surface area contributed by atoms with Crippen LogP contribution in [0, 0.1) is 0 Å². The zero-order valence-corrected chi connectivity index (χ0v) is 21.3. The molecule has 1 aliphatic carbocycles. The number of fused-ring (bicyclic) bond motifs is 6. The minimum absolute atomic E-state index is 0.373. The van der Waals surface area contributed by atoms with Gasteiger partial charge in [0.1, 0.15) is 11.2 Å². The van der Waals surface area contributed by atoms with Crippen LogP contribution in [0.4, 0.5) is 11.4 Å². The van der Waals surface area contributed by atoms with E-state index in [-0.39, 0.29) is 5.41 Å². The molecular formula is C37H25NO. The van der Waals surface area contributed by atoms with Crippen LogP contribution >= 0.6 is 0 Å². The van der Waals surface area contributed by atoms with E-state index in [0.717, 1.165) is 33.3 Å². The van der Waals surface area contributed by atoms with Gasteiger partial charge in [0.2, 0.25) is 0 Å². The highest BCUT2D eigenvalue weighted by Crippen LogP contribution is 2.56. The maximum Gasteiger partial charge on any atom is 0.135 e. The van der Waals surface area contributed by atoms with Crippen molar-refractivity contribution in [3.05, 3.63) is 168 Å². The molecule has 0 atom stereocenters. The molecular weight excluding hydrogens is 474 g/mol. The molecule has 0 saturated carbocycles. The summed E-state index contributed by atoms with van der Waals surface area (Å²) in [5.41, 5.74) is 11.3. The molecule has 0 aliphatic heterocycles. The number of anilines is 2. The smallest absolute Gasteiger partial charge is 0.135 e. The molecule has 2 nitrogen and oxygen atoms in total. The molecule has 0 saturated heterocycles. The molecule has 39 heavy (non-hydrogen) atoms. The van der Waals surface area contributed by atoms with Crippen LogP contribution in [0.25, 0.3) is 33.1 Å². The van der Waals surface area contributed by atoms with Gasteiger partial charge in [0.05, 0.1) is 5.41 Å². The molecule has 1 aliphatic rings. The average Bonchev–Trinajstić information content (AvgIpc) is 3.52. The average molecular weight is 500 g/mol. The fraction of sp³-hybridized carbons (Fsp3) is 0.0270. The van der Waals surface area contributed by atoms with Crippen molar-refractivity contribution < 1.29 is 4.42 Å². The second-order valence-electron chi connectivity index (χ2n) is 10.2. The van der Waals surface area contributed by atoms with Gasteiger partial charge in [-0.3, -0.25) is 0 Å². The fourth-order valence-corrected chi connectivity index (χ4v) is 6.50. The van der Waals surface area contributed by atoms with Gasteiger partial charge in [-0.15, -0.1) is 0 Å². The predicted octanol–water partition coefficient (Wildman–Crippen LogP) is 9.69. The van der Waals surface area contributed by atoms with Gasteiger partial charge in [0.15, 0.2) is 0 Å². The fourth-order valence-electron chi connectivity index (χ4n) is 6.50. The van der Waals surface area contributed by atoms with E-state index in [4.69, 9.17) is 4.42 Å². The van der Waals surface area contributed by atoms with Gasteiger partial charge in [-0.05, 0) is 69.8 Å². The van der Waals surface area contributed by atoms with Crippen molar-refractivity contribution in [1.82, 2.24) is 0 Å². The highest BCUT2D eigenvalue weighted by molar-refractivity contribution is 6.06. The van der Waals surface area contributed by atoms with Gasteiger partial charge in [-0.25, -0.2) is 0 Å². The van der Waals surface area contributed by atoms with Crippen molar-refractivity contribution in [3.63, 3.8) is 0 Å². The third kappa shape index (κ3) is 3.22. The summed E-state index contributed by atoms with van der Waals surface area (Å²) in [6.07, 6.45) is 0. The highest BCUT2D eigenvalue weighted by Gasteiger charge is 2.45. The summed E-state index contributed by atoms with van der Waals surface area (Å²) in [7, 11) is 0. The summed E-state index contributed by atoms with van der Waals surface area (Å²) in [5, 5.41) is 5.93. The lowest BCUT2D eigenvalue weighted by molar-refractivity contribution is 0.669. The zero-order valence-electron chi connectivity index (χ0n) is 21.3. The van der Waals surface area contributed by atoms with Crippen molar-refractivity contribution in [3.8, 4) is 11.1 Å². The molecule has 7 aromatic rings. The van der Waals surface area contributed by atoms with Gasteiger partial charge in [-0.1, -0.05) is 109 Å². The summed E-state index contributed by atoms with van der Waals surface area (Å²) in [4.78, 5) is 0. The molecule has 1 heterocycles. The summed E-state index contributed by atoms with van der Waals surface area (Å²) >= 11 is 0. The molecule has 2 heteroatoms. The van der Waals surface area contributed by atoms with E-state index in [1.165, 1.54) is 33.4 Å². The Morgan fingerprint density at radius 1 is 0.436 bits per heavy atom. The first-order valence-electron chi connectivity index (χ1n) is 13.4. The number of furan rings is 1. The first kappa shape index (κ1) is 22.0. The van der Waals surface area contributed by atoms with E-state index in [9.17, 15) is 0 Å². The molecule has 184 valence electrons. The summed E-state index contributed by atoms with van der Waals surface area (Å²) < 4.78 is 6.04. The lowest BCUT2D eigenvalue weighted by atomic mass is 9.68. The van der Waals surface area contributed by atoms with E-state index in [0.29, 0.717) is 0 Å². The van der Waals surface area contributed by atoms with Gasteiger partial charge in [-0.2, -0.15) is 0 Å². The maximum atomic E-state index is 6.04. The molecule has 1 N–H and O–H groups in total. The Labute approximate surface area is 227 Å². The van der Waals surface area contributed by atoms with Crippen molar-refractivity contribution in [2.45, 2.75) is 5.41 Å². The van der Waals surface area contributed by atoms with Crippen molar-refractivity contribution in [2.24, 2.45) is 0 Å². The Hall–Kier alpha value is -5.08. The molecule has 0 unspecified atom stereocenters. The topological polar surface area (TPSA) is 25.2 Å². The van der Waals surface area contributed by atoms with Crippen LogP contribution in [0.15, 0.2) is 150 Å². The molecule has 0 amide bonds. The molecule has 1 aromatic heterocycles. The Balaban J connectivity index is 1.30. The van der Waals surface area contributed by atoms with Gasteiger partial charge < -0.3 is 9.73 Å². The van der Waals surface area contributed by atoms with Crippen LogP contribution in [0.3, 0.4) is 0 Å². The van der Waals surface area contributed by atoms with E-state index in [1.54, 1.807) is 0 Å². The van der Waals surface area contributed by atoms with E-state index < -0.39 is 0 Å². The Kier molecular flexibility index (Phi) is 4.77. The first-order valence-corrected chi connectivity index (χ1v) is 13.4. The van der Waals surface area contributed by atoms with E-state index in [1.807, 2.05) is 12.1 Å². The van der Waals surface area contributed by atoms with Crippen molar-refractivity contribution in [2.75, 3.05) is 5.32 Å². The Morgan fingerprint density at radius 2 is 1.03 bits per heavy atom.